The Kier molecular flexibility index (Phi) is 5.58. The first-order valence-corrected chi connectivity index (χ1v) is 8.58. The lowest BCUT2D eigenvalue weighted by molar-refractivity contribution is -0.134. The fourth-order valence-corrected chi connectivity index (χ4v) is 3.39. The Balaban J connectivity index is 1.75. The van der Waals surface area contributed by atoms with Crippen molar-refractivity contribution in [3.05, 3.63) is 64.7 Å². The molecule has 2 atom stereocenters. The van der Waals surface area contributed by atoms with Crippen molar-refractivity contribution in [2.75, 3.05) is 20.7 Å². The molecule has 0 bridgehead atoms. The van der Waals surface area contributed by atoms with Gasteiger partial charge in [0.1, 0.15) is 5.75 Å². The number of hydrogen-bond donors (Lipinski definition) is 2. The van der Waals surface area contributed by atoms with Crippen LogP contribution in [-0.2, 0) is 11.3 Å². The van der Waals surface area contributed by atoms with Gasteiger partial charge < -0.3 is 9.64 Å². The van der Waals surface area contributed by atoms with Crippen molar-refractivity contribution in [3.8, 4) is 5.75 Å². The Labute approximate surface area is 152 Å². The molecule has 6 heteroatoms. The molecule has 25 heavy (non-hydrogen) atoms. The van der Waals surface area contributed by atoms with E-state index in [4.69, 9.17) is 16.3 Å². The Morgan fingerprint density at radius 3 is 2.76 bits per heavy atom. The highest BCUT2D eigenvalue weighted by atomic mass is 35.5. The first-order chi connectivity index (χ1) is 12.1. The van der Waals surface area contributed by atoms with E-state index in [-0.39, 0.29) is 17.9 Å². The number of halogens is 1. The van der Waals surface area contributed by atoms with Crippen molar-refractivity contribution < 1.29 is 9.53 Å². The molecular formula is C19H22ClN3O2. The number of hydrogen-bond acceptors (Lipinski definition) is 4. The zero-order valence-electron chi connectivity index (χ0n) is 14.3. The number of amides is 1. The van der Waals surface area contributed by atoms with E-state index in [1.54, 1.807) is 18.1 Å². The van der Waals surface area contributed by atoms with E-state index < -0.39 is 0 Å². The van der Waals surface area contributed by atoms with Gasteiger partial charge in [-0.1, -0.05) is 41.9 Å². The summed E-state index contributed by atoms with van der Waals surface area (Å²) < 4.78 is 5.38. The van der Waals surface area contributed by atoms with Crippen molar-refractivity contribution in [3.63, 3.8) is 0 Å². The molecule has 1 saturated heterocycles. The van der Waals surface area contributed by atoms with Crippen LogP contribution in [0.5, 0.6) is 5.75 Å². The van der Waals surface area contributed by atoms with E-state index in [0.29, 0.717) is 18.1 Å². The SMILES string of the molecule is COc1ccc(Cl)cc1CN(C)C(=O)C1CNNC1c1ccccc1. The fraction of sp³-hybridized carbons (Fsp3) is 0.316. The molecule has 132 valence electrons. The van der Waals surface area contributed by atoms with E-state index in [0.717, 1.165) is 16.9 Å². The van der Waals surface area contributed by atoms with Crippen LogP contribution >= 0.6 is 11.6 Å². The standard InChI is InChI=1S/C19H22ClN3O2/c1-23(12-14-10-15(20)8-9-17(14)25-2)19(24)16-11-21-22-18(16)13-6-4-3-5-7-13/h3-10,16,18,21-22H,11-12H2,1-2H3. The molecule has 0 saturated carbocycles. The number of benzene rings is 2. The highest BCUT2D eigenvalue weighted by molar-refractivity contribution is 6.30. The van der Waals surface area contributed by atoms with E-state index in [2.05, 4.69) is 10.9 Å². The second-order valence-electron chi connectivity index (χ2n) is 6.17. The lowest BCUT2D eigenvalue weighted by Crippen LogP contribution is -2.36. The second-order valence-corrected chi connectivity index (χ2v) is 6.61. The Morgan fingerprint density at radius 2 is 2.04 bits per heavy atom. The average molecular weight is 360 g/mol. The molecule has 0 radical (unpaired) electrons. The van der Waals surface area contributed by atoms with Gasteiger partial charge in [0.15, 0.2) is 0 Å². The Hall–Kier alpha value is -2.08. The molecule has 1 aliphatic heterocycles. The van der Waals surface area contributed by atoms with Gasteiger partial charge in [-0.2, -0.15) is 0 Å². The first-order valence-electron chi connectivity index (χ1n) is 8.21. The molecule has 2 aromatic carbocycles. The van der Waals surface area contributed by atoms with Crippen LogP contribution in [-0.4, -0.2) is 31.5 Å². The monoisotopic (exact) mass is 359 g/mol. The predicted octanol–water partition coefficient (Wildman–Crippen LogP) is 2.77. The molecule has 2 unspecified atom stereocenters. The van der Waals surface area contributed by atoms with Crippen LogP contribution in [0.3, 0.4) is 0 Å². The normalized spacial score (nSPS) is 19.6. The molecular weight excluding hydrogens is 338 g/mol. The molecule has 2 N–H and O–H groups in total. The maximum Gasteiger partial charge on any atom is 0.229 e. The Bertz CT molecular complexity index is 739. The summed E-state index contributed by atoms with van der Waals surface area (Å²) in [6.07, 6.45) is 0. The number of methoxy groups -OCH3 is 1. The number of carbonyl (C=O) groups excluding carboxylic acids is 1. The number of nitrogens with zero attached hydrogens (tertiary/aromatic N) is 1. The minimum atomic E-state index is -0.169. The number of nitrogens with one attached hydrogen (secondary N) is 2. The lowest BCUT2D eigenvalue weighted by Gasteiger charge is -2.25. The minimum absolute atomic E-state index is 0.0441. The van der Waals surface area contributed by atoms with Crippen LogP contribution < -0.4 is 15.6 Å². The summed E-state index contributed by atoms with van der Waals surface area (Å²) in [4.78, 5) is 14.7. The van der Waals surface area contributed by atoms with E-state index in [1.807, 2.05) is 49.5 Å². The van der Waals surface area contributed by atoms with Gasteiger partial charge in [0.05, 0.1) is 19.1 Å². The van der Waals surface area contributed by atoms with Crippen LogP contribution in [0.25, 0.3) is 0 Å². The highest BCUT2D eigenvalue weighted by Crippen LogP contribution is 2.28. The molecule has 0 aromatic heterocycles. The van der Waals surface area contributed by atoms with Gasteiger partial charge in [0, 0.05) is 30.7 Å². The Morgan fingerprint density at radius 1 is 1.28 bits per heavy atom. The predicted molar refractivity (Wildman–Crippen MR) is 98.3 cm³/mol. The van der Waals surface area contributed by atoms with Crippen LogP contribution in [0.1, 0.15) is 17.2 Å². The maximum absolute atomic E-state index is 13.0. The summed E-state index contributed by atoms with van der Waals surface area (Å²) in [5.41, 5.74) is 8.31. The molecule has 3 rings (SSSR count). The summed E-state index contributed by atoms with van der Waals surface area (Å²) in [5, 5.41) is 0.628. The zero-order chi connectivity index (χ0) is 17.8. The van der Waals surface area contributed by atoms with E-state index in [1.165, 1.54) is 0 Å². The third-order valence-corrected chi connectivity index (χ3v) is 4.72. The first kappa shape index (κ1) is 17.7. The zero-order valence-corrected chi connectivity index (χ0v) is 15.1. The van der Waals surface area contributed by atoms with Crippen LogP contribution in [0.2, 0.25) is 5.02 Å². The highest BCUT2D eigenvalue weighted by Gasteiger charge is 2.35. The van der Waals surface area contributed by atoms with Crippen molar-refractivity contribution in [2.45, 2.75) is 12.6 Å². The topological polar surface area (TPSA) is 53.6 Å². The minimum Gasteiger partial charge on any atom is -0.496 e. The van der Waals surface area contributed by atoms with Crippen LogP contribution in [0.15, 0.2) is 48.5 Å². The quantitative estimate of drug-likeness (QED) is 0.862. The van der Waals surface area contributed by atoms with Gasteiger partial charge in [0.2, 0.25) is 5.91 Å². The van der Waals surface area contributed by atoms with Crippen LogP contribution in [0, 0.1) is 5.92 Å². The molecule has 1 amide bonds. The van der Waals surface area contributed by atoms with E-state index >= 15 is 0 Å². The van der Waals surface area contributed by atoms with Gasteiger partial charge >= 0.3 is 0 Å². The van der Waals surface area contributed by atoms with Gasteiger partial charge in [-0.15, -0.1) is 0 Å². The molecule has 5 nitrogen and oxygen atoms in total. The fourth-order valence-electron chi connectivity index (χ4n) is 3.19. The molecule has 2 aromatic rings. The molecule has 1 aliphatic rings. The molecule has 1 heterocycles. The molecule has 1 fully saturated rings. The van der Waals surface area contributed by atoms with Crippen molar-refractivity contribution in [1.29, 1.82) is 0 Å². The summed E-state index contributed by atoms with van der Waals surface area (Å²) in [7, 11) is 3.42. The second kappa shape index (κ2) is 7.87. The largest absolute Gasteiger partial charge is 0.496 e. The third-order valence-electron chi connectivity index (χ3n) is 4.48. The van der Waals surface area contributed by atoms with Gasteiger partial charge in [-0.25, -0.2) is 5.43 Å². The maximum atomic E-state index is 13.0. The number of hydrazine groups is 1. The van der Waals surface area contributed by atoms with Gasteiger partial charge in [-0.05, 0) is 23.8 Å². The number of rotatable bonds is 5. The summed E-state index contributed by atoms with van der Waals surface area (Å²) >= 11 is 6.09. The average Bonchev–Trinajstić information content (AvgIpc) is 3.11. The molecule has 0 spiro atoms. The smallest absolute Gasteiger partial charge is 0.229 e. The lowest BCUT2D eigenvalue weighted by atomic mass is 9.93. The van der Waals surface area contributed by atoms with Crippen molar-refractivity contribution in [2.24, 2.45) is 5.92 Å². The summed E-state index contributed by atoms with van der Waals surface area (Å²) in [5.74, 6) is 0.636. The van der Waals surface area contributed by atoms with Gasteiger partial charge in [-0.3, -0.25) is 10.2 Å². The van der Waals surface area contributed by atoms with Gasteiger partial charge in [0.25, 0.3) is 0 Å². The van der Waals surface area contributed by atoms with Crippen molar-refractivity contribution >= 4 is 17.5 Å². The summed E-state index contributed by atoms with van der Waals surface area (Å²) in [6, 6.07) is 15.4. The third kappa shape index (κ3) is 3.95. The van der Waals surface area contributed by atoms with Crippen molar-refractivity contribution in [1.82, 2.24) is 15.8 Å². The molecule has 0 aliphatic carbocycles. The van der Waals surface area contributed by atoms with Crippen LogP contribution in [0.4, 0.5) is 0 Å². The number of ether oxygens (including phenoxy) is 1. The number of carbonyl (C=O) groups is 1. The van der Waals surface area contributed by atoms with E-state index in [9.17, 15) is 4.79 Å². The summed E-state index contributed by atoms with van der Waals surface area (Å²) in [6.45, 7) is 1.04.